The van der Waals surface area contributed by atoms with Gasteiger partial charge < -0.3 is 9.84 Å². The summed E-state index contributed by atoms with van der Waals surface area (Å²) in [7, 11) is 1.14. The SMILES string of the molecule is COc1ccc(-c2cc(C(=O)O)[nH]n2)cc1C(F)(F)F. The van der Waals surface area contributed by atoms with Gasteiger partial charge in [0.1, 0.15) is 11.4 Å². The average Bonchev–Trinajstić information content (AvgIpc) is 2.86. The minimum Gasteiger partial charge on any atom is -0.496 e. The zero-order valence-electron chi connectivity index (χ0n) is 10.2. The van der Waals surface area contributed by atoms with E-state index in [-0.39, 0.29) is 22.7 Å². The predicted octanol–water partition coefficient (Wildman–Crippen LogP) is 2.80. The first-order valence-corrected chi connectivity index (χ1v) is 5.37. The molecule has 0 aliphatic carbocycles. The van der Waals surface area contributed by atoms with E-state index in [2.05, 4.69) is 14.9 Å². The molecule has 0 saturated carbocycles. The molecule has 0 radical (unpaired) electrons. The van der Waals surface area contributed by atoms with Crippen LogP contribution < -0.4 is 4.74 Å². The lowest BCUT2D eigenvalue weighted by Gasteiger charge is -2.12. The Balaban J connectivity index is 2.50. The second kappa shape index (κ2) is 4.87. The van der Waals surface area contributed by atoms with Gasteiger partial charge in [-0.25, -0.2) is 4.79 Å². The number of nitrogens with one attached hydrogen (secondary N) is 1. The van der Waals surface area contributed by atoms with Crippen molar-refractivity contribution in [2.24, 2.45) is 0 Å². The van der Waals surface area contributed by atoms with E-state index in [1.165, 1.54) is 6.07 Å². The second-order valence-electron chi connectivity index (χ2n) is 3.88. The maximum Gasteiger partial charge on any atom is 0.419 e. The molecule has 0 atom stereocenters. The van der Waals surface area contributed by atoms with Crippen LogP contribution in [0.2, 0.25) is 0 Å². The number of ether oxygens (including phenoxy) is 1. The average molecular weight is 286 g/mol. The number of benzene rings is 1. The van der Waals surface area contributed by atoms with Crippen molar-refractivity contribution in [2.45, 2.75) is 6.18 Å². The molecular weight excluding hydrogens is 277 g/mol. The monoisotopic (exact) mass is 286 g/mol. The van der Waals surface area contributed by atoms with Crippen molar-refractivity contribution in [1.82, 2.24) is 10.2 Å². The smallest absolute Gasteiger partial charge is 0.419 e. The molecule has 106 valence electrons. The minimum atomic E-state index is -4.58. The Hall–Kier alpha value is -2.51. The summed E-state index contributed by atoms with van der Waals surface area (Å²) in [6.45, 7) is 0. The Morgan fingerprint density at radius 2 is 2.05 bits per heavy atom. The van der Waals surface area contributed by atoms with Crippen LogP contribution in [0.15, 0.2) is 24.3 Å². The number of nitrogens with zero attached hydrogens (tertiary/aromatic N) is 1. The van der Waals surface area contributed by atoms with Gasteiger partial charge in [-0.1, -0.05) is 0 Å². The van der Waals surface area contributed by atoms with E-state index in [0.717, 1.165) is 25.3 Å². The van der Waals surface area contributed by atoms with Crippen molar-refractivity contribution < 1.29 is 27.8 Å². The highest BCUT2D eigenvalue weighted by Crippen LogP contribution is 2.38. The summed E-state index contributed by atoms with van der Waals surface area (Å²) in [5, 5.41) is 14.6. The second-order valence-corrected chi connectivity index (χ2v) is 3.88. The lowest BCUT2D eigenvalue weighted by molar-refractivity contribution is -0.138. The normalized spacial score (nSPS) is 11.4. The van der Waals surface area contributed by atoms with Crippen LogP contribution in [-0.2, 0) is 6.18 Å². The molecule has 1 aromatic heterocycles. The van der Waals surface area contributed by atoms with Crippen molar-refractivity contribution in [3.8, 4) is 17.0 Å². The predicted molar refractivity (Wildman–Crippen MR) is 62.5 cm³/mol. The van der Waals surface area contributed by atoms with Gasteiger partial charge in [-0.2, -0.15) is 18.3 Å². The van der Waals surface area contributed by atoms with Crippen molar-refractivity contribution in [2.75, 3.05) is 7.11 Å². The molecule has 0 fully saturated rings. The number of methoxy groups -OCH3 is 1. The topological polar surface area (TPSA) is 75.2 Å². The number of carboxylic acids is 1. The molecule has 20 heavy (non-hydrogen) atoms. The highest BCUT2D eigenvalue weighted by atomic mass is 19.4. The third kappa shape index (κ3) is 2.58. The Morgan fingerprint density at radius 3 is 2.55 bits per heavy atom. The van der Waals surface area contributed by atoms with Gasteiger partial charge in [-0.3, -0.25) is 5.10 Å². The number of carbonyl (C=O) groups is 1. The Bertz CT molecular complexity index is 650. The number of halogens is 3. The fourth-order valence-corrected chi connectivity index (χ4v) is 1.67. The van der Waals surface area contributed by atoms with Gasteiger partial charge in [-0.15, -0.1) is 0 Å². The van der Waals surface area contributed by atoms with E-state index in [4.69, 9.17) is 5.11 Å². The van der Waals surface area contributed by atoms with E-state index in [1.807, 2.05) is 0 Å². The summed E-state index contributed by atoms with van der Waals surface area (Å²) in [6.07, 6.45) is -4.58. The number of H-pyrrole nitrogens is 1. The molecule has 0 bridgehead atoms. The molecule has 0 aliphatic rings. The molecule has 5 nitrogen and oxygen atoms in total. The zero-order valence-corrected chi connectivity index (χ0v) is 10.2. The van der Waals surface area contributed by atoms with E-state index in [0.29, 0.717) is 0 Å². The molecule has 2 N–H and O–H groups in total. The summed E-state index contributed by atoms with van der Waals surface area (Å²) in [4.78, 5) is 10.7. The summed E-state index contributed by atoms with van der Waals surface area (Å²) >= 11 is 0. The van der Waals surface area contributed by atoms with Crippen molar-refractivity contribution >= 4 is 5.97 Å². The van der Waals surface area contributed by atoms with Crippen LogP contribution in [0.3, 0.4) is 0 Å². The molecule has 8 heteroatoms. The lowest BCUT2D eigenvalue weighted by atomic mass is 10.1. The molecule has 0 amide bonds. The fraction of sp³-hybridized carbons (Fsp3) is 0.167. The zero-order chi connectivity index (χ0) is 14.9. The number of rotatable bonds is 3. The number of aromatic carboxylic acids is 1. The first-order valence-electron chi connectivity index (χ1n) is 5.37. The maximum absolute atomic E-state index is 12.9. The van der Waals surface area contributed by atoms with E-state index < -0.39 is 17.7 Å². The number of alkyl halides is 3. The van der Waals surface area contributed by atoms with Crippen LogP contribution in [0.1, 0.15) is 16.1 Å². The van der Waals surface area contributed by atoms with E-state index in [1.54, 1.807) is 0 Å². The Kier molecular flexibility index (Phi) is 3.39. The van der Waals surface area contributed by atoms with Gasteiger partial charge in [0.25, 0.3) is 0 Å². The van der Waals surface area contributed by atoms with Crippen molar-refractivity contribution in [3.63, 3.8) is 0 Å². The minimum absolute atomic E-state index is 0.107. The third-order valence-corrected chi connectivity index (χ3v) is 2.61. The van der Waals surface area contributed by atoms with Crippen LogP contribution in [0, 0.1) is 0 Å². The summed E-state index contributed by atoms with van der Waals surface area (Å²) in [6, 6.07) is 4.55. The van der Waals surface area contributed by atoms with Crippen LogP contribution in [0.4, 0.5) is 13.2 Å². The fourth-order valence-electron chi connectivity index (χ4n) is 1.67. The summed E-state index contributed by atoms with van der Waals surface area (Å²) in [5.74, 6) is -1.55. The highest BCUT2D eigenvalue weighted by molar-refractivity contribution is 5.86. The molecular formula is C12H9F3N2O3. The molecule has 2 rings (SSSR count). The molecule has 1 heterocycles. The van der Waals surface area contributed by atoms with Gasteiger partial charge >= 0.3 is 12.1 Å². The third-order valence-electron chi connectivity index (χ3n) is 2.61. The number of aromatic amines is 1. The van der Waals surface area contributed by atoms with Crippen molar-refractivity contribution in [3.05, 3.63) is 35.5 Å². The van der Waals surface area contributed by atoms with Crippen LogP contribution in [0.5, 0.6) is 5.75 Å². The quantitative estimate of drug-likeness (QED) is 0.909. The van der Waals surface area contributed by atoms with Gasteiger partial charge in [0, 0.05) is 5.56 Å². The molecule has 1 aromatic carbocycles. The first kappa shape index (κ1) is 13.9. The largest absolute Gasteiger partial charge is 0.496 e. The maximum atomic E-state index is 12.9. The van der Waals surface area contributed by atoms with Crippen LogP contribution in [-0.4, -0.2) is 28.4 Å². The van der Waals surface area contributed by atoms with Gasteiger partial charge in [-0.05, 0) is 24.3 Å². The van der Waals surface area contributed by atoms with Crippen molar-refractivity contribution in [1.29, 1.82) is 0 Å². The number of carboxylic acid groups (broad SMARTS) is 1. The number of hydrogen-bond acceptors (Lipinski definition) is 3. The molecule has 0 saturated heterocycles. The van der Waals surface area contributed by atoms with Crippen LogP contribution in [0.25, 0.3) is 11.3 Å². The highest BCUT2D eigenvalue weighted by Gasteiger charge is 2.34. The standard InChI is InChI=1S/C12H9F3N2O3/c1-20-10-3-2-6(4-7(10)12(13,14)15)8-5-9(11(18)19)17-16-8/h2-5H,1H3,(H,16,17)(H,18,19). The van der Waals surface area contributed by atoms with Gasteiger partial charge in [0.15, 0.2) is 0 Å². The van der Waals surface area contributed by atoms with E-state index in [9.17, 15) is 18.0 Å². The Labute approximate surface area is 111 Å². The molecule has 2 aromatic rings. The lowest BCUT2D eigenvalue weighted by Crippen LogP contribution is -2.07. The number of hydrogen-bond donors (Lipinski definition) is 2. The van der Waals surface area contributed by atoms with E-state index >= 15 is 0 Å². The van der Waals surface area contributed by atoms with Crippen LogP contribution >= 0.6 is 0 Å². The molecule has 0 aliphatic heterocycles. The molecule has 0 unspecified atom stereocenters. The summed E-state index contributed by atoms with van der Waals surface area (Å²) < 4.78 is 43.3. The summed E-state index contributed by atoms with van der Waals surface area (Å²) in [5.41, 5.74) is -0.904. The first-order chi connectivity index (χ1) is 9.32. The Morgan fingerprint density at radius 1 is 1.35 bits per heavy atom. The van der Waals surface area contributed by atoms with Gasteiger partial charge in [0.05, 0.1) is 18.4 Å². The molecule has 0 spiro atoms. The van der Waals surface area contributed by atoms with Gasteiger partial charge in [0.2, 0.25) is 0 Å². The number of aromatic nitrogens is 2.